The molecule has 1 aromatic heterocycles. The Morgan fingerprint density at radius 1 is 1.33 bits per heavy atom. The summed E-state index contributed by atoms with van der Waals surface area (Å²) in [5, 5.41) is 7.51. The summed E-state index contributed by atoms with van der Waals surface area (Å²) in [6, 6.07) is 0.408. The number of amides is 2. The highest BCUT2D eigenvalue weighted by Gasteiger charge is 2.36. The number of aromatic nitrogens is 2. The molecule has 2 fully saturated rings. The van der Waals surface area contributed by atoms with Crippen molar-refractivity contribution in [2.45, 2.75) is 32.7 Å². The highest BCUT2D eigenvalue weighted by molar-refractivity contribution is 5.90. The fourth-order valence-electron chi connectivity index (χ4n) is 3.72. The molecule has 0 unspecified atom stereocenters. The third kappa shape index (κ3) is 3.57. The minimum Gasteiger partial charge on any atom is -0.379 e. The molecule has 0 saturated carbocycles. The van der Waals surface area contributed by atoms with Crippen molar-refractivity contribution in [3.8, 4) is 0 Å². The maximum absolute atomic E-state index is 12.7. The number of likely N-dealkylation sites (tertiary alicyclic amines) is 1. The summed E-state index contributed by atoms with van der Waals surface area (Å²) in [6.07, 6.45) is 1.88. The summed E-state index contributed by atoms with van der Waals surface area (Å²) >= 11 is 0. The first-order valence-electron chi connectivity index (χ1n) is 8.87. The Bertz CT molecular complexity index is 580. The summed E-state index contributed by atoms with van der Waals surface area (Å²) in [7, 11) is 1.88. The second-order valence-corrected chi connectivity index (χ2v) is 7.28. The molecule has 2 aliphatic heterocycles. The van der Waals surface area contributed by atoms with E-state index < -0.39 is 0 Å². The predicted molar refractivity (Wildman–Crippen MR) is 93.2 cm³/mol. The van der Waals surface area contributed by atoms with Crippen molar-refractivity contribution in [2.75, 3.05) is 44.7 Å². The van der Waals surface area contributed by atoms with E-state index in [0.717, 1.165) is 50.8 Å². The Morgan fingerprint density at radius 3 is 2.71 bits per heavy atom. The molecule has 3 heterocycles. The number of aryl methyl sites for hydroxylation is 1. The first kappa shape index (κ1) is 17.2. The van der Waals surface area contributed by atoms with Crippen LogP contribution in [-0.4, -0.2) is 71.0 Å². The van der Waals surface area contributed by atoms with Crippen molar-refractivity contribution in [2.24, 2.45) is 13.0 Å². The van der Waals surface area contributed by atoms with Crippen molar-refractivity contribution in [3.63, 3.8) is 0 Å². The molecule has 1 N–H and O–H groups in total. The zero-order valence-corrected chi connectivity index (χ0v) is 15.2. The van der Waals surface area contributed by atoms with E-state index in [1.165, 1.54) is 0 Å². The lowest BCUT2D eigenvalue weighted by atomic mass is 10.0. The van der Waals surface area contributed by atoms with Gasteiger partial charge in [0.05, 0.1) is 24.6 Å². The van der Waals surface area contributed by atoms with Gasteiger partial charge >= 0.3 is 6.03 Å². The number of hydrogen-bond donors (Lipinski definition) is 1. The van der Waals surface area contributed by atoms with Crippen LogP contribution in [-0.2, 0) is 11.8 Å². The van der Waals surface area contributed by atoms with E-state index in [-0.39, 0.29) is 11.9 Å². The molecule has 3 rings (SSSR count). The van der Waals surface area contributed by atoms with Crippen molar-refractivity contribution in [3.05, 3.63) is 11.9 Å². The standard InChI is InChI=1S/C17H29N5O2/c1-12(2)16-14(10-20(4)19-16)18-17(23)22-9-13(3)15(11-22)21-5-7-24-8-6-21/h10,12-13,15H,5-9,11H2,1-4H3,(H,18,23)/t13-,15-/m0/s1. The highest BCUT2D eigenvalue weighted by Crippen LogP contribution is 2.26. The lowest BCUT2D eigenvalue weighted by molar-refractivity contribution is 0.0123. The number of anilines is 1. The quantitative estimate of drug-likeness (QED) is 0.914. The molecular weight excluding hydrogens is 306 g/mol. The van der Waals surface area contributed by atoms with Gasteiger partial charge in [0.2, 0.25) is 0 Å². The van der Waals surface area contributed by atoms with Gasteiger partial charge in [0.25, 0.3) is 0 Å². The van der Waals surface area contributed by atoms with Crippen LogP contribution in [0.2, 0.25) is 0 Å². The molecule has 2 aliphatic rings. The first-order valence-corrected chi connectivity index (χ1v) is 8.87. The number of nitrogens with zero attached hydrogens (tertiary/aromatic N) is 4. The second-order valence-electron chi connectivity index (χ2n) is 7.28. The molecule has 0 spiro atoms. The third-order valence-electron chi connectivity index (χ3n) is 5.02. The number of nitrogens with one attached hydrogen (secondary N) is 1. The fourth-order valence-corrected chi connectivity index (χ4v) is 3.72. The zero-order chi connectivity index (χ0) is 17.3. The molecule has 0 aliphatic carbocycles. The Morgan fingerprint density at radius 2 is 2.04 bits per heavy atom. The molecule has 7 nitrogen and oxygen atoms in total. The smallest absolute Gasteiger partial charge is 0.322 e. The van der Waals surface area contributed by atoms with Crippen LogP contribution in [0.15, 0.2) is 6.20 Å². The van der Waals surface area contributed by atoms with Gasteiger partial charge in [0.15, 0.2) is 0 Å². The maximum Gasteiger partial charge on any atom is 0.322 e. The van der Waals surface area contributed by atoms with E-state index in [4.69, 9.17) is 4.74 Å². The number of ether oxygens (including phenoxy) is 1. The van der Waals surface area contributed by atoms with Gasteiger partial charge in [-0.1, -0.05) is 20.8 Å². The van der Waals surface area contributed by atoms with Crippen LogP contribution in [0.5, 0.6) is 0 Å². The molecule has 1 aromatic rings. The highest BCUT2D eigenvalue weighted by atomic mass is 16.5. The summed E-state index contributed by atoms with van der Waals surface area (Å²) in [5.41, 5.74) is 1.75. The monoisotopic (exact) mass is 335 g/mol. The van der Waals surface area contributed by atoms with E-state index in [1.807, 2.05) is 18.1 Å². The Hall–Kier alpha value is -1.60. The number of morpholine rings is 1. The number of carbonyl (C=O) groups excluding carboxylic acids is 1. The normalized spacial score (nSPS) is 25.5. The van der Waals surface area contributed by atoms with Crippen molar-refractivity contribution < 1.29 is 9.53 Å². The van der Waals surface area contributed by atoms with Gasteiger partial charge in [0, 0.05) is 45.5 Å². The van der Waals surface area contributed by atoms with E-state index >= 15 is 0 Å². The average molecular weight is 335 g/mol. The first-order chi connectivity index (χ1) is 11.5. The molecule has 0 bridgehead atoms. The number of urea groups is 1. The Balaban J connectivity index is 1.64. The molecule has 134 valence electrons. The molecule has 24 heavy (non-hydrogen) atoms. The SMILES string of the molecule is CC(C)c1nn(C)cc1NC(=O)N1C[C@H](C)[C@@H](N2CCOCC2)C1. The van der Waals surface area contributed by atoms with Gasteiger partial charge < -0.3 is 15.0 Å². The number of carbonyl (C=O) groups is 1. The van der Waals surface area contributed by atoms with Crippen molar-refractivity contribution >= 4 is 11.7 Å². The maximum atomic E-state index is 12.7. The molecule has 7 heteroatoms. The molecular formula is C17H29N5O2. The zero-order valence-electron chi connectivity index (χ0n) is 15.2. The molecule has 2 atom stereocenters. The van der Waals surface area contributed by atoms with E-state index in [0.29, 0.717) is 12.0 Å². The molecule has 2 amide bonds. The summed E-state index contributed by atoms with van der Waals surface area (Å²) in [5.74, 6) is 0.757. The summed E-state index contributed by atoms with van der Waals surface area (Å²) in [4.78, 5) is 17.1. The number of rotatable bonds is 3. The second kappa shape index (κ2) is 7.11. The fraction of sp³-hybridized carbons (Fsp3) is 0.765. The average Bonchev–Trinajstić information content (AvgIpc) is 3.11. The van der Waals surface area contributed by atoms with Crippen molar-refractivity contribution in [1.82, 2.24) is 19.6 Å². The van der Waals surface area contributed by atoms with Gasteiger partial charge in [-0.25, -0.2) is 4.79 Å². The predicted octanol–water partition coefficient (Wildman–Crippen LogP) is 1.73. The summed E-state index contributed by atoms with van der Waals surface area (Å²) < 4.78 is 7.20. The van der Waals surface area contributed by atoms with Crippen molar-refractivity contribution in [1.29, 1.82) is 0 Å². The van der Waals surface area contributed by atoms with E-state index in [1.54, 1.807) is 4.68 Å². The topological polar surface area (TPSA) is 62.6 Å². The molecule has 2 saturated heterocycles. The van der Waals surface area contributed by atoms with Crippen LogP contribution in [0.4, 0.5) is 10.5 Å². The van der Waals surface area contributed by atoms with Crippen LogP contribution in [0.1, 0.15) is 32.4 Å². The minimum absolute atomic E-state index is 0.0208. The van der Waals surface area contributed by atoms with Gasteiger partial charge in [-0.05, 0) is 11.8 Å². The lowest BCUT2D eigenvalue weighted by Crippen LogP contribution is -2.47. The largest absolute Gasteiger partial charge is 0.379 e. The molecule has 0 aromatic carbocycles. The van der Waals surface area contributed by atoms with Gasteiger partial charge in [-0.3, -0.25) is 9.58 Å². The third-order valence-corrected chi connectivity index (χ3v) is 5.02. The van der Waals surface area contributed by atoms with Crippen LogP contribution in [0, 0.1) is 5.92 Å². The Kier molecular flexibility index (Phi) is 5.10. The van der Waals surface area contributed by atoms with Crippen LogP contribution in [0.3, 0.4) is 0 Å². The van der Waals surface area contributed by atoms with Crippen LogP contribution >= 0.6 is 0 Å². The summed E-state index contributed by atoms with van der Waals surface area (Å²) in [6.45, 7) is 11.5. The lowest BCUT2D eigenvalue weighted by Gasteiger charge is -2.33. The van der Waals surface area contributed by atoms with E-state index in [9.17, 15) is 4.79 Å². The van der Waals surface area contributed by atoms with E-state index in [2.05, 4.69) is 36.1 Å². The van der Waals surface area contributed by atoms with Crippen LogP contribution < -0.4 is 5.32 Å². The minimum atomic E-state index is -0.0208. The Labute approximate surface area is 143 Å². The van der Waals surface area contributed by atoms with Gasteiger partial charge in [0.1, 0.15) is 0 Å². The van der Waals surface area contributed by atoms with Gasteiger partial charge in [-0.15, -0.1) is 0 Å². The molecule has 0 radical (unpaired) electrons. The van der Waals surface area contributed by atoms with Crippen LogP contribution in [0.25, 0.3) is 0 Å². The number of hydrogen-bond acceptors (Lipinski definition) is 4. The van der Waals surface area contributed by atoms with Gasteiger partial charge in [-0.2, -0.15) is 5.10 Å².